The number of allylic oxidation sites excluding steroid dienone is 18. The molecule has 0 aliphatic rings. The third kappa shape index (κ3) is 39.1. The van der Waals surface area contributed by atoms with E-state index < -0.39 is 6.10 Å². The molecule has 0 rings (SSSR count). The third-order valence-electron chi connectivity index (χ3n) is 7.91. The molecule has 0 aliphatic heterocycles. The van der Waals surface area contributed by atoms with Crippen LogP contribution < -0.4 is 0 Å². The van der Waals surface area contributed by atoms with Gasteiger partial charge in [-0.3, -0.25) is 14.4 Å². The molecule has 6 nitrogen and oxygen atoms in total. The van der Waals surface area contributed by atoms with E-state index >= 15 is 0 Å². The van der Waals surface area contributed by atoms with Gasteiger partial charge < -0.3 is 14.2 Å². The lowest BCUT2D eigenvalue weighted by Gasteiger charge is -2.18. The molecule has 0 bridgehead atoms. The molecule has 0 aliphatic carbocycles. The fourth-order valence-electron chi connectivity index (χ4n) is 4.78. The van der Waals surface area contributed by atoms with Crippen molar-refractivity contribution in [2.45, 2.75) is 155 Å². The van der Waals surface area contributed by atoms with Gasteiger partial charge in [-0.05, 0) is 70.6 Å². The number of carbonyl (C=O) groups excluding carboxylic acids is 3. The summed E-state index contributed by atoms with van der Waals surface area (Å²) in [6, 6.07) is 0. The zero-order chi connectivity index (χ0) is 38.7. The highest BCUT2D eigenvalue weighted by atomic mass is 16.6. The van der Waals surface area contributed by atoms with Crippen molar-refractivity contribution in [3.63, 3.8) is 0 Å². The minimum atomic E-state index is -0.830. The van der Waals surface area contributed by atoms with E-state index in [1.54, 1.807) is 0 Å². The molecule has 0 radical (unpaired) electrons. The smallest absolute Gasteiger partial charge is 0.306 e. The quantitative estimate of drug-likeness (QED) is 0.0284. The van der Waals surface area contributed by atoms with E-state index in [-0.39, 0.29) is 44.0 Å². The first-order chi connectivity index (χ1) is 26.0. The van der Waals surface area contributed by atoms with Crippen LogP contribution in [0.4, 0.5) is 0 Å². The van der Waals surface area contributed by atoms with Gasteiger partial charge in [0.25, 0.3) is 0 Å². The molecule has 0 saturated carbocycles. The summed E-state index contributed by atoms with van der Waals surface area (Å²) in [5, 5.41) is 0. The zero-order valence-electron chi connectivity index (χ0n) is 33.5. The molecule has 0 aromatic heterocycles. The van der Waals surface area contributed by atoms with E-state index in [0.717, 1.165) is 70.6 Å². The summed E-state index contributed by atoms with van der Waals surface area (Å²) >= 11 is 0. The van der Waals surface area contributed by atoms with Crippen molar-refractivity contribution < 1.29 is 28.6 Å². The number of carbonyl (C=O) groups is 3. The van der Waals surface area contributed by atoms with Crippen molar-refractivity contribution in [3.8, 4) is 0 Å². The number of hydrogen-bond acceptors (Lipinski definition) is 6. The van der Waals surface area contributed by atoms with Gasteiger partial charge in [-0.25, -0.2) is 0 Å². The molecule has 0 spiro atoms. The number of unbranched alkanes of at least 4 members (excludes halogenated alkanes) is 11. The normalized spacial score (nSPS) is 13.2. The second kappa shape index (κ2) is 40.8. The summed E-state index contributed by atoms with van der Waals surface area (Å²) in [4.78, 5) is 37.5. The number of hydrogen-bond donors (Lipinski definition) is 0. The molecule has 296 valence electrons. The van der Waals surface area contributed by atoms with Crippen LogP contribution in [0, 0.1) is 0 Å². The van der Waals surface area contributed by atoms with Gasteiger partial charge in [-0.2, -0.15) is 0 Å². The maximum absolute atomic E-state index is 12.6. The molecule has 0 aromatic carbocycles. The van der Waals surface area contributed by atoms with Gasteiger partial charge in [0.2, 0.25) is 0 Å². The van der Waals surface area contributed by atoms with Crippen molar-refractivity contribution in [1.82, 2.24) is 0 Å². The Morgan fingerprint density at radius 3 is 1.21 bits per heavy atom. The standard InChI is InChI=1S/C47H72O6/c1-4-7-10-13-16-19-22-23-26-28-31-34-37-40-46(49)52-43-44(53-47(50)41-38-35-32-29-25-21-18-15-12-9-6-3)42-51-45(48)39-36-33-30-27-24-20-17-14-11-8-5-2/h7,10,13-26,28,31,44H,4-6,8-9,11-12,27,29-30,32-43H2,1-3H3/b10-7-,16-13-,17-14-,18-15-,22-19-,24-20-,25-21-,26-23-,31-28-. The van der Waals surface area contributed by atoms with E-state index in [0.29, 0.717) is 19.3 Å². The molecule has 1 unspecified atom stereocenters. The first-order valence-electron chi connectivity index (χ1n) is 20.5. The highest BCUT2D eigenvalue weighted by molar-refractivity contribution is 5.71. The van der Waals surface area contributed by atoms with Crippen molar-refractivity contribution in [2.24, 2.45) is 0 Å². The van der Waals surface area contributed by atoms with Crippen LogP contribution in [0.25, 0.3) is 0 Å². The Hall–Kier alpha value is -3.93. The second-order valence-electron chi connectivity index (χ2n) is 13.0. The topological polar surface area (TPSA) is 78.9 Å². The monoisotopic (exact) mass is 733 g/mol. The number of ether oxygens (including phenoxy) is 3. The Bertz CT molecular complexity index is 1160. The molecule has 6 heteroatoms. The number of rotatable bonds is 34. The Morgan fingerprint density at radius 1 is 0.396 bits per heavy atom. The molecule has 0 N–H and O–H groups in total. The minimum Gasteiger partial charge on any atom is -0.462 e. The lowest BCUT2D eigenvalue weighted by atomic mass is 10.1. The Kier molecular flexibility index (Phi) is 37.8. The highest BCUT2D eigenvalue weighted by Crippen LogP contribution is 2.10. The van der Waals surface area contributed by atoms with Gasteiger partial charge >= 0.3 is 17.9 Å². The van der Waals surface area contributed by atoms with Crippen molar-refractivity contribution in [2.75, 3.05) is 13.2 Å². The van der Waals surface area contributed by atoms with Crippen molar-refractivity contribution >= 4 is 17.9 Å². The Balaban J connectivity index is 4.62. The predicted octanol–water partition coefficient (Wildman–Crippen LogP) is 12.9. The van der Waals surface area contributed by atoms with Crippen LogP contribution in [0.2, 0.25) is 0 Å². The van der Waals surface area contributed by atoms with Crippen molar-refractivity contribution in [3.05, 3.63) is 109 Å². The number of esters is 3. The zero-order valence-corrected chi connectivity index (χ0v) is 33.5. The van der Waals surface area contributed by atoms with Gasteiger partial charge in [0.15, 0.2) is 6.10 Å². The van der Waals surface area contributed by atoms with E-state index in [2.05, 4.69) is 75.5 Å². The summed E-state index contributed by atoms with van der Waals surface area (Å²) in [6.07, 6.45) is 53.7. The summed E-state index contributed by atoms with van der Waals surface area (Å²) in [5.74, 6) is -1.08. The lowest BCUT2D eigenvalue weighted by Crippen LogP contribution is -2.30. The highest BCUT2D eigenvalue weighted by Gasteiger charge is 2.19. The summed E-state index contributed by atoms with van der Waals surface area (Å²) < 4.78 is 16.5. The van der Waals surface area contributed by atoms with Crippen LogP contribution in [0.5, 0.6) is 0 Å². The van der Waals surface area contributed by atoms with Gasteiger partial charge in [0.05, 0.1) is 0 Å². The van der Waals surface area contributed by atoms with Crippen LogP contribution in [0.1, 0.15) is 149 Å². The molecule has 0 saturated heterocycles. The molecule has 0 amide bonds. The van der Waals surface area contributed by atoms with Crippen LogP contribution in [0.15, 0.2) is 109 Å². The van der Waals surface area contributed by atoms with Gasteiger partial charge in [0, 0.05) is 19.3 Å². The van der Waals surface area contributed by atoms with Crippen LogP contribution in [-0.4, -0.2) is 37.2 Å². The lowest BCUT2D eigenvalue weighted by molar-refractivity contribution is -0.167. The van der Waals surface area contributed by atoms with Gasteiger partial charge in [0.1, 0.15) is 13.2 Å². The minimum absolute atomic E-state index is 0.129. The second-order valence-corrected chi connectivity index (χ2v) is 13.0. The molecule has 53 heavy (non-hydrogen) atoms. The molecule has 0 heterocycles. The van der Waals surface area contributed by atoms with E-state index in [4.69, 9.17) is 14.2 Å². The largest absolute Gasteiger partial charge is 0.462 e. The molecular weight excluding hydrogens is 661 g/mol. The Labute approximate surface area is 323 Å². The fourth-order valence-corrected chi connectivity index (χ4v) is 4.78. The average Bonchev–Trinajstić information content (AvgIpc) is 3.15. The average molecular weight is 733 g/mol. The molecule has 0 aromatic rings. The maximum Gasteiger partial charge on any atom is 0.306 e. The Morgan fingerprint density at radius 2 is 0.755 bits per heavy atom. The van der Waals surface area contributed by atoms with Crippen LogP contribution >= 0.6 is 0 Å². The first-order valence-corrected chi connectivity index (χ1v) is 20.5. The molecular formula is C47H72O6. The summed E-state index contributed by atoms with van der Waals surface area (Å²) in [5.41, 5.74) is 0. The third-order valence-corrected chi connectivity index (χ3v) is 7.91. The first kappa shape index (κ1) is 49.1. The summed E-state index contributed by atoms with van der Waals surface area (Å²) in [6.45, 7) is 6.22. The van der Waals surface area contributed by atoms with Crippen molar-refractivity contribution in [1.29, 1.82) is 0 Å². The molecule has 1 atom stereocenters. The summed E-state index contributed by atoms with van der Waals surface area (Å²) in [7, 11) is 0. The van der Waals surface area contributed by atoms with Crippen LogP contribution in [-0.2, 0) is 28.6 Å². The molecule has 0 fully saturated rings. The van der Waals surface area contributed by atoms with Gasteiger partial charge in [-0.1, -0.05) is 169 Å². The fraction of sp³-hybridized carbons (Fsp3) is 0.553. The predicted molar refractivity (Wildman–Crippen MR) is 223 cm³/mol. The SMILES string of the molecule is CC\C=C/C=C\C=C/C=C\C=C/CCCC(=O)OCC(COC(=O)CCCCC/C=C\C=C/CCCC)OC(=O)CCCCC/C=C\C=C/CCCC. The maximum atomic E-state index is 12.6. The van der Waals surface area contributed by atoms with E-state index in [1.807, 2.05) is 54.7 Å². The van der Waals surface area contributed by atoms with Gasteiger partial charge in [-0.15, -0.1) is 0 Å². The van der Waals surface area contributed by atoms with E-state index in [1.165, 1.54) is 25.7 Å². The van der Waals surface area contributed by atoms with E-state index in [9.17, 15) is 14.4 Å². The van der Waals surface area contributed by atoms with Crippen LogP contribution in [0.3, 0.4) is 0 Å².